The highest BCUT2D eigenvalue weighted by Gasteiger charge is 2.12. The average molecular weight is 254 g/mol. The van der Waals surface area contributed by atoms with Crippen molar-refractivity contribution < 1.29 is 4.79 Å². The van der Waals surface area contributed by atoms with Crippen LogP contribution in [0.25, 0.3) is 0 Å². The number of rotatable bonds is 7. The van der Waals surface area contributed by atoms with Crippen LogP contribution < -0.4 is 11.1 Å². The molecule has 3 N–H and O–H groups in total. The van der Waals surface area contributed by atoms with Crippen molar-refractivity contribution in [3.63, 3.8) is 0 Å². The molecule has 1 heterocycles. The molecule has 1 aromatic rings. The van der Waals surface area contributed by atoms with Crippen molar-refractivity contribution in [3.8, 4) is 0 Å². The van der Waals surface area contributed by atoms with Crippen LogP contribution in [0.4, 0.5) is 0 Å². The maximum Gasteiger partial charge on any atom is 0.237 e. The number of hydrogen-bond donors (Lipinski definition) is 2. The molecule has 0 aliphatic carbocycles. The molecule has 17 heavy (non-hydrogen) atoms. The van der Waals surface area contributed by atoms with E-state index in [0.717, 1.165) is 25.7 Å². The number of thiophene rings is 1. The minimum Gasteiger partial charge on any atom is -0.350 e. The van der Waals surface area contributed by atoms with E-state index >= 15 is 0 Å². The first-order valence-electron chi connectivity index (χ1n) is 6.27. The van der Waals surface area contributed by atoms with Crippen LogP contribution in [0.5, 0.6) is 0 Å². The van der Waals surface area contributed by atoms with Gasteiger partial charge in [0.1, 0.15) is 0 Å². The third-order valence-electron chi connectivity index (χ3n) is 2.85. The summed E-state index contributed by atoms with van der Waals surface area (Å²) in [4.78, 5) is 13.0. The molecule has 0 unspecified atom stereocenters. The van der Waals surface area contributed by atoms with Crippen LogP contribution in [0.1, 0.15) is 43.6 Å². The summed E-state index contributed by atoms with van der Waals surface area (Å²) < 4.78 is 0. The van der Waals surface area contributed by atoms with Gasteiger partial charge in [0.25, 0.3) is 0 Å². The van der Waals surface area contributed by atoms with E-state index in [1.165, 1.54) is 10.4 Å². The Morgan fingerprint density at radius 1 is 1.53 bits per heavy atom. The Labute approximate surface area is 107 Å². The standard InChI is InChI=1S/C13H22N2OS/c1-3-5-6-11(14)13(16)15-9-12-10(4-2)7-8-17-12/h7-8,11H,3-6,9,14H2,1-2H3,(H,15,16)/t11-/m0/s1. The average Bonchev–Trinajstić information content (AvgIpc) is 2.80. The summed E-state index contributed by atoms with van der Waals surface area (Å²) in [6, 6.07) is 1.75. The zero-order chi connectivity index (χ0) is 12.7. The number of aryl methyl sites for hydroxylation is 1. The van der Waals surface area contributed by atoms with Crippen molar-refractivity contribution in [1.82, 2.24) is 5.32 Å². The second kappa shape index (κ2) is 7.45. The fourth-order valence-electron chi connectivity index (χ4n) is 1.69. The predicted octanol–water partition coefficient (Wildman–Crippen LogP) is 2.44. The van der Waals surface area contributed by atoms with E-state index in [1.807, 2.05) is 0 Å². The zero-order valence-corrected chi connectivity index (χ0v) is 11.5. The molecule has 4 heteroatoms. The topological polar surface area (TPSA) is 55.1 Å². The van der Waals surface area contributed by atoms with E-state index in [1.54, 1.807) is 11.3 Å². The van der Waals surface area contributed by atoms with Gasteiger partial charge >= 0.3 is 0 Å². The molecular weight excluding hydrogens is 232 g/mol. The molecule has 0 aliphatic heterocycles. The third kappa shape index (κ3) is 4.48. The molecule has 0 radical (unpaired) electrons. The van der Waals surface area contributed by atoms with Crippen molar-refractivity contribution >= 4 is 17.2 Å². The Kier molecular flexibility index (Phi) is 6.22. The smallest absolute Gasteiger partial charge is 0.237 e. The summed E-state index contributed by atoms with van der Waals surface area (Å²) in [6.07, 6.45) is 3.86. The highest BCUT2D eigenvalue weighted by molar-refractivity contribution is 7.10. The van der Waals surface area contributed by atoms with Gasteiger partial charge < -0.3 is 11.1 Å². The first kappa shape index (κ1) is 14.2. The van der Waals surface area contributed by atoms with Crippen LogP contribution in [0.3, 0.4) is 0 Å². The summed E-state index contributed by atoms with van der Waals surface area (Å²) in [5.41, 5.74) is 7.12. The summed E-state index contributed by atoms with van der Waals surface area (Å²) >= 11 is 1.69. The van der Waals surface area contributed by atoms with Crippen molar-refractivity contribution in [3.05, 3.63) is 21.9 Å². The van der Waals surface area contributed by atoms with Crippen LogP contribution in [-0.2, 0) is 17.8 Å². The summed E-state index contributed by atoms with van der Waals surface area (Å²) in [5, 5.41) is 4.98. The lowest BCUT2D eigenvalue weighted by Crippen LogP contribution is -2.40. The molecule has 0 fully saturated rings. The Morgan fingerprint density at radius 3 is 2.94 bits per heavy atom. The number of carbonyl (C=O) groups is 1. The van der Waals surface area contributed by atoms with Gasteiger partial charge in [0.2, 0.25) is 5.91 Å². The molecule has 0 saturated heterocycles. The van der Waals surface area contributed by atoms with E-state index < -0.39 is 0 Å². The minimum absolute atomic E-state index is 0.0334. The predicted molar refractivity (Wildman–Crippen MR) is 73.0 cm³/mol. The molecule has 1 rings (SSSR count). The van der Waals surface area contributed by atoms with E-state index in [0.29, 0.717) is 6.54 Å². The van der Waals surface area contributed by atoms with Gasteiger partial charge in [-0.3, -0.25) is 4.79 Å². The first-order valence-corrected chi connectivity index (χ1v) is 7.15. The molecule has 1 aromatic heterocycles. The Hall–Kier alpha value is -0.870. The van der Waals surface area contributed by atoms with Crippen molar-refractivity contribution in [2.45, 2.75) is 52.1 Å². The fraction of sp³-hybridized carbons (Fsp3) is 0.615. The molecule has 1 atom stereocenters. The number of nitrogens with two attached hydrogens (primary N) is 1. The van der Waals surface area contributed by atoms with Crippen LogP contribution in [-0.4, -0.2) is 11.9 Å². The van der Waals surface area contributed by atoms with Gasteiger partial charge in [-0.1, -0.05) is 26.7 Å². The number of hydrogen-bond acceptors (Lipinski definition) is 3. The fourth-order valence-corrected chi connectivity index (χ4v) is 2.61. The summed E-state index contributed by atoms with van der Waals surface area (Å²) in [7, 11) is 0. The van der Waals surface area contributed by atoms with Crippen LogP contribution in [0, 0.1) is 0 Å². The molecule has 3 nitrogen and oxygen atoms in total. The summed E-state index contributed by atoms with van der Waals surface area (Å²) in [5.74, 6) is -0.0334. The first-order chi connectivity index (χ1) is 8.19. The van der Waals surface area contributed by atoms with Gasteiger partial charge in [0, 0.05) is 4.88 Å². The van der Waals surface area contributed by atoms with Gasteiger partial charge in [-0.15, -0.1) is 11.3 Å². The molecular formula is C13H22N2OS. The largest absolute Gasteiger partial charge is 0.350 e. The molecule has 0 bridgehead atoms. The second-order valence-electron chi connectivity index (χ2n) is 4.19. The van der Waals surface area contributed by atoms with Crippen LogP contribution >= 0.6 is 11.3 Å². The lowest BCUT2D eigenvalue weighted by atomic mass is 10.1. The zero-order valence-electron chi connectivity index (χ0n) is 10.7. The number of unbranched alkanes of at least 4 members (excludes halogenated alkanes) is 1. The highest BCUT2D eigenvalue weighted by Crippen LogP contribution is 2.16. The maximum atomic E-state index is 11.7. The van der Waals surface area contributed by atoms with Crippen molar-refractivity contribution in [1.29, 1.82) is 0 Å². The van der Waals surface area contributed by atoms with Gasteiger partial charge in [-0.2, -0.15) is 0 Å². The number of amides is 1. The second-order valence-corrected chi connectivity index (χ2v) is 5.19. The summed E-state index contributed by atoms with van der Waals surface area (Å²) in [6.45, 7) is 4.84. The molecule has 0 aliphatic rings. The van der Waals surface area contributed by atoms with Gasteiger partial charge in [0.05, 0.1) is 12.6 Å². The molecule has 1 amide bonds. The van der Waals surface area contributed by atoms with E-state index in [-0.39, 0.29) is 11.9 Å². The number of carbonyl (C=O) groups excluding carboxylic acids is 1. The van der Waals surface area contributed by atoms with Gasteiger partial charge in [-0.05, 0) is 29.9 Å². The SMILES string of the molecule is CCCC[C@H](N)C(=O)NCc1sccc1CC. The van der Waals surface area contributed by atoms with E-state index in [9.17, 15) is 4.79 Å². The normalized spacial score (nSPS) is 12.4. The third-order valence-corrected chi connectivity index (χ3v) is 3.81. The molecule has 0 aromatic carbocycles. The van der Waals surface area contributed by atoms with Gasteiger partial charge in [0.15, 0.2) is 0 Å². The monoisotopic (exact) mass is 254 g/mol. The lowest BCUT2D eigenvalue weighted by molar-refractivity contribution is -0.122. The van der Waals surface area contributed by atoms with Gasteiger partial charge in [-0.25, -0.2) is 0 Å². The van der Waals surface area contributed by atoms with Crippen molar-refractivity contribution in [2.75, 3.05) is 0 Å². The quantitative estimate of drug-likeness (QED) is 0.785. The van der Waals surface area contributed by atoms with Crippen LogP contribution in [0.2, 0.25) is 0 Å². The Balaban J connectivity index is 2.37. The minimum atomic E-state index is -0.361. The van der Waals surface area contributed by atoms with E-state index in [4.69, 9.17) is 5.73 Å². The van der Waals surface area contributed by atoms with Crippen LogP contribution in [0.15, 0.2) is 11.4 Å². The highest BCUT2D eigenvalue weighted by atomic mass is 32.1. The molecule has 0 spiro atoms. The molecule has 96 valence electrons. The lowest BCUT2D eigenvalue weighted by Gasteiger charge is -2.11. The number of nitrogens with one attached hydrogen (secondary N) is 1. The van der Waals surface area contributed by atoms with E-state index in [2.05, 4.69) is 30.6 Å². The van der Waals surface area contributed by atoms with Crippen molar-refractivity contribution in [2.24, 2.45) is 5.73 Å². The Morgan fingerprint density at radius 2 is 2.29 bits per heavy atom. The Bertz CT molecular complexity index is 349. The maximum absolute atomic E-state index is 11.7. The molecule has 0 saturated carbocycles.